The number of hydrogen-bond acceptors (Lipinski definition) is 27. The summed E-state index contributed by atoms with van der Waals surface area (Å²) in [5.41, 5.74) is 14.5. The second-order valence-electron chi connectivity index (χ2n) is 27.8. The quantitative estimate of drug-likeness (QED) is 0.0239. The minimum absolute atomic E-state index is 0.0120. The number of aromatic nitrogens is 5. The van der Waals surface area contributed by atoms with Gasteiger partial charge in [0.05, 0.1) is 130 Å². The maximum absolute atomic E-state index is 13.1. The summed E-state index contributed by atoms with van der Waals surface area (Å²) in [6.45, 7) is 5.36. The van der Waals surface area contributed by atoms with Gasteiger partial charge in [-0.05, 0) is 163 Å². The molecule has 6 aromatic heterocycles. The number of halogens is 6. The van der Waals surface area contributed by atoms with Gasteiger partial charge in [0.2, 0.25) is 11.8 Å². The van der Waals surface area contributed by atoms with Gasteiger partial charge in [0, 0.05) is 130 Å². The number of likely N-dealkylation sites (tertiary alicyclic amines) is 1. The molecule has 7 heterocycles. The predicted molar refractivity (Wildman–Crippen MR) is 480 cm³/mol. The number of nitrogens with zero attached hydrogens (tertiary/aromatic N) is 8. The number of nitrogens with one attached hydrogen (secondary N) is 2. The summed E-state index contributed by atoms with van der Waals surface area (Å²) in [6.07, 6.45) is 1.48. The van der Waals surface area contributed by atoms with Crippen molar-refractivity contribution in [2.75, 3.05) is 117 Å². The van der Waals surface area contributed by atoms with Gasteiger partial charge < -0.3 is 74.3 Å². The number of likely N-dealkylation sites (N-methyl/N-ethyl adjacent to an activating group) is 1. The number of hydrogen-bond donors (Lipinski definition) is 5. The highest BCUT2D eigenvalue weighted by Crippen LogP contribution is 2.38. The molecule has 0 aliphatic carbocycles. The highest BCUT2D eigenvalue weighted by atomic mass is 32.1. The van der Waals surface area contributed by atoms with Gasteiger partial charge in [-0.2, -0.15) is 0 Å². The number of primary amides is 1. The van der Waals surface area contributed by atoms with Gasteiger partial charge in [-0.3, -0.25) is 28.9 Å². The monoisotopic (exact) mass is 1870 g/mol. The van der Waals surface area contributed by atoms with Crippen molar-refractivity contribution in [3.8, 4) is 66.7 Å². The topological polar surface area (TPSA) is 324 Å². The SMILES string of the molecule is CNC(=O)c1nc(-c2ccc(F)cc2)c(COC)s1.COCc1cc(C(=O)N(C)C)sc1-c1ccc(F)cc1.COCc1sc(C(=O)NCCO)nc1-c1ccc(F)cc1.COCc1sc(CN2CCC(O)CC2)nc1-c1ccc(F)cc1.COCc1sc(COCC(=O)N(C)C)nc1-c1ccc(F)cc1.COCc1sc(COCC(N)=O)nc1-c1ccc(F)cc1. The Bertz CT molecular complexity index is 5420. The van der Waals surface area contributed by atoms with E-state index in [9.17, 15) is 55.4 Å². The minimum Gasteiger partial charge on any atom is -0.395 e. The standard InChI is InChI=1S/C17H21FN2O2S.C16H19FN2O3S.C15H16FNO2S.2C14H15FN2O3S.C13H13FN2O2S/c1-22-11-15-17(12-2-4-13(18)5-3-12)19-16(23-15)10-20-8-6-14(21)7-9-20;1-19(2)15(20)10-22-9-14-18-16(13(23-14)8-21-3)11-4-6-12(17)7-5-11;1-17(2)15(18)13-8-11(9-19-3)14(20-13)10-4-6-12(16)7-5-10;1-19-6-11-14(9-2-4-10(15)5-3-9)17-13(21-11)8-20-7-12(16)18;1-20-8-11-12(9-2-4-10(15)5-3-9)17-14(21-11)13(19)16-6-7-18;1-15-12(17)13-16-11(10(19-13)7-18-2)8-3-5-9(14)6-4-8/h2-5,14,21H,6-11H2,1H3;4-7H,8-10H2,1-3H3;4-8H,9H2,1-3H3;2-5H,6-8H2,1H3,(H2,16,18);2-5,18H,6-8H2,1H3,(H,16,19);3-6H,7H2,1-2H3,(H,15,17). The Morgan fingerprint density at radius 3 is 1.11 bits per heavy atom. The Hall–Kier alpha value is -10.3. The third-order valence-corrected chi connectivity index (χ3v) is 24.1. The number of benzene rings is 6. The number of ether oxygens (including phenoxy) is 8. The van der Waals surface area contributed by atoms with E-state index in [0.29, 0.717) is 65.9 Å². The number of aliphatic hydroxyl groups excluding tert-OH is 2. The minimum atomic E-state index is -0.526. The molecule has 6 N–H and O–H groups in total. The summed E-state index contributed by atoms with van der Waals surface area (Å²) in [4.78, 5) is 91.5. The van der Waals surface area contributed by atoms with E-state index in [1.807, 2.05) is 6.07 Å². The van der Waals surface area contributed by atoms with Crippen LogP contribution < -0.4 is 16.4 Å². The van der Waals surface area contributed by atoms with Crippen molar-refractivity contribution in [3.63, 3.8) is 0 Å². The molecule has 0 radical (unpaired) electrons. The number of rotatable bonds is 33. The second kappa shape index (κ2) is 52.8. The highest BCUT2D eigenvalue weighted by Gasteiger charge is 2.25. The molecular formula is C89H99F6N11O15S6. The Kier molecular flexibility index (Phi) is 42.4. The van der Waals surface area contributed by atoms with Crippen LogP contribution in [0.3, 0.4) is 0 Å². The first-order valence-electron chi connectivity index (χ1n) is 39.0. The maximum atomic E-state index is 13.1. The van der Waals surface area contributed by atoms with E-state index in [1.54, 1.807) is 162 Å². The molecule has 1 aliphatic heterocycles. The van der Waals surface area contributed by atoms with E-state index < -0.39 is 5.91 Å². The van der Waals surface area contributed by atoms with Crippen molar-refractivity contribution in [1.82, 2.24) is 50.3 Å². The Morgan fingerprint density at radius 2 is 0.772 bits per heavy atom. The first kappa shape index (κ1) is 102. The fourth-order valence-electron chi connectivity index (χ4n) is 11.7. The molecule has 0 saturated carbocycles. The van der Waals surface area contributed by atoms with Crippen LogP contribution in [0.5, 0.6) is 0 Å². The van der Waals surface area contributed by atoms with Crippen LogP contribution in [0.4, 0.5) is 26.3 Å². The molecule has 127 heavy (non-hydrogen) atoms. The number of aliphatic hydroxyl groups is 2. The van der Waals surface area contributed by atoms with Crippen molar-refractivity contribution in [1.29, 1.82) is 0 Å². The van der Waals surface area contributed by atoms with Gasteiger partial charge in [0.1, 0.15) is 63.1 Å². The van der Waals surface area contributed by atoms with E-state index in [2.05, 4.69) is 35.5 Å². The van der Waals surface area contributed by atoms with Crippen LogP contribution in [0.2, 0.25) is 0 Å². The highest BCUT2D eigenvalue weighted by molar-refractivity contribution is 7.17. The molecule has 38 heteroatoms. The summed E-state index contributed by atoms with van der Waals surface area (Å²) >= 11 is 8.43. The summed E-state index contributed by atoms with van der Waals surface area (Å²) in [5.74, 6) is -3.00. The van der Waals surface area contributed by atoms with Gasteiger partial charge in [0.15, 0.2) is 10.0 Å². The molecule has 0 atom stereocenters. The molecule has 0 spiro atoms. The van der Waals surface area contributed by atoms with Crippen LogP contribution in [0, 0.1) is 34.9 Å². The van der Waals surface area contributed by atoms with Gasteiger partial charge >= 0.3 is 0 Å². The van der Waals surface area contributed by atoms with E-state index in [0.717, 1.165) is 128 Å². The Morgan fingerprint density at radius 1 is 0.441 bits per heavy atom. The van der Waals surface area contributed by atoms with Gasteiger partial charge in [-0.15, -0.1) is 68.0 Å². The van der Waals surface area contributed by atoms with Crippen molar-refractivity contribution >= 4 is 97.6 Å². The molecule has 26 nitrogen and oxygen atoms in total. The first-order valence-corrected chi connectivity index (χ1v) is 43.9. The number of carbonyl (C=O) groups excluding carboxylic acids is 5. The Balaban J connectivity index is 0.000000189. The number of thiazole rings is 5. The third kappa shape index (κ3) is 32.1. The summed E-state index contributed by atoms with van der Waals surface area (Å²) in [6, 6.07) is 38.7. The lowest BCUT2D eigenvalue weighted by atomic mass is 10.1. The molecule has 678 valence electrons. The zero-order valence-electron chi connectivity index (χ0n) is 71.6. The number of amides is 5. The normalized spacial score (nSPS) is 11.8. The van der Waals surface area contributed by atoms with Crippen LogP contribution in [0.15, 0.2) is 152 Å². The number of carbonyl (C=O) groups is 5. The fraction of sp³-hybridized carbons (Fsp3) is 0.326. The van der Waals surface area contributed by atoms with Crippen molar-refractivity contribution < 1.29 is 98.4 Å². The predicted octanol–water partition coefficient (Wildman–Crippen LogP) is 15.5. The lowest BCUT2D eigenvalue weighted by molar-refractivity contribution is -0.134. The largest absolute Gasteiger partial charge is 0.395 e. The molecule has 5 amide bonds. The molecule has 1 saturated heterocycles. The first-order chi connectivity index (χ1) is 61.1. The average Bonchev–Trinajstić information content (AvgIpc) is 1.68. The van der Waals surface area contributed by atoms with Crippen molar-refractivity contribution in [2.45, 2.75) is 78.3 Å². The number of methoxy groups -OCH3 is 6. The van der Waals surface area contributed by atoms with Crippen LogP contribution in [-0.4, -0.2) is 203 Å². The van der Waals surface area contributed by atoms with Crippen LogP contribution >= 0.6 is 68.0 Å². The van der Waals surface area contributed by atoms with E-state index >= 15 is 0 Å². The zero-order valence-corrected chi connectivity index (χ0v) is 76.5. The molecule has 6 aromatic carbocycles. The molecule has 0 unspecified atom stereocenters. The van der Waals surface area contributed by atoms with Crippen LogP contribution in [-0.2, 0) is 107 Å². The molecule has 13 rings (SSSR count). The van der Waals surface area contributed by atoms with Crippen molar-refractivity contribution in [2.24, 2.45) is 5.73 Å². The second-order valence-corrected chi connectivity index (χ2v) is 34.6. The van der Waals surface area contributed by atoms with Gasteiger partial charge in [-0.25, -0.2) is 51.3 Å². The number of piperidine rings is 1. The smallest absolute Gasteiger partial charge is 0.280 e. The summed E-state index contributed by atoms with van der Waals surface area (Å²) < 4.78 is 120. The fourth-order valence-corrected chi connectivity index (χ4v) is 18.0. The molecule has 1 aliphatic rings. The number of thiophene rings is 1. The van der Waals surface area contributed by atoms with Crippen LogP contribution in [0.1, 0.15) is 87.1 Å². The third-order valence-electron chi connectivity index (χ3n) is 17.8. The molecule has 12 aromatic rings. The Labute approximate surface area is 755 Å². The number of nitrogens with two attached hydrogens (primary N) is 1. The molecular weight excluding hydrogens is 1770 g/mol. The van der Waals surface area contributed by atoms with Gasteiger partial charge in [0.25, 0.3) is 17.7 Å². The lowest BCUT2D eigenvalue weighted by Crippen LogP contribution is -2.35. The molecule has 0 bridgehead atoms. The zero-order chi connectivity index (χ0) is 92.1. The summed E-state index contributed by atoms with van der Waals surface area (Å²) in [5, 5.41) is 26.6. The van der Waals surface area contributed by atoms with Crippen LogP contribution in [0.25, 0.3) is 66.7 Å². The average molecular weight is 1870 g/mol. The van der Waals surface area contributed by atoms with E-state index in [4.69, 9.17) is 53.7 Å². The van der Waals surface area contributed by atoms with E-state index in [-0.39, 0.29) is 109 Å². The van der Waals surface area contributed by atoms with E-state index in [1.165, 1.54) is 139 Å². The maximum Gasteiger partial charge on any atom is 0.280 e. The summed E-state index contributed by atoms with van der Waals surface area (Å²) in [7, 11) is 18.0. The lowest BCUT2D eigenvalue weighted by Gasteiger charge is -2.28. The molecule has 1 fully saturated rings. The van der Waals surface area contributed by atoms with Gasteiger partial charge in [-0.1, -0.05) is 12.1 Å². The van der Waals surface area contributed by atoms with Crippen molar-refractivity contribution in [3.05, 3.63) is 246 Å².